The van der Waals surface area contributed by atoms with Crippen LogP contribution in [0.3, 0.4) is 0 Å². The Morgan fingerprint density at radius 3 is 2.64 bits per heavy atom. The van der Waals surface area contributed by atoms with Crippen LogP contribution >= 0.6 is 0 Å². The maximum absolute atomic E-state index is 12.4. The first-order valence-corrected chi connectivity index (χ1v) is 9.34. The van der Waals surface area contributed by atoms with Gasteiger partial charge in [-0.15, -0.1) is 0 Å². The number of nitrogens with one attached hydrogen (secondary N) is 1. The van der Waals surface area contributed by atoms with Crippen LogP contribution in [0.1, 0.15) is 29.8 Å². The summed E-state index contributed by atoms with van der Waals surface area (Å²) in [7, 11) is 0. The second kappa shape index (κ2) is 7.31. The van der Waals surface area contributed by atoms with Crippen molar-refractivity contribution < 1.29 is 4.79 Å². The van der Waals surface area contributed by atoms with Crippen molar-refractivity contribution in [1.29, 1.82) is 0 Å². The Bertz CT molecular complexity index is 1140. The molecule has 4 aromatic rings. The monoisotopic (exact) mass is 373 g/mol. The van der Waals surface area contributed by atoms with Crippen LogP contribution in [0.5, 0.6) is 0 Å². The number of nitrogens with zero attached hydrogens (tertiary/aromatic N) is 4. The number of aromatic nitrogens is 4. The van der Waals surface area contributed by atoms with Gasteiger partial charge in [0.05, 0.1) is 24.1 Å². The van der Waals surface area contributed by atoms with Crippen LogP contribution in [0.15, 0.2) is 61.1 Å². The lowest BCUT2D eigenvalue weighted by atomic mass is 10.1. The Labute approximate surface area is 163 Å². The van der Waals surface area contributed by atoms with Gasteiger partial charge in [-0.05, 0) is 37.8 Å². The fourth-order valence-corrected chi connectivity index (χ4v) is 3.55. The number of hydrogen-bond donors (Lipinski definition) is 1. The van der Waals surface area contributed by atoms with Gasteiger partial charge in [0.2, 0.25) is 5.91 Å². The highest BCUT2D eigenvalue weighted by Crippen LogP contribution is 2.25. The van der Waals surface area contributed by atoms with Crippen LogP contribution in [0, 0.1) is 13.8 Å². The Morgan fingerprint density at radius 1 is 1.07 bits per heavy atom. The minimum Gasteiger partial charge on any atom is -0.348 e. The molecule has 0 aliphatic heterocycles. The predicted octanol–water partition coefficient (Wildman–Crippen LogP) is 3.72. The summed E-state index contributed by atoms with van der Waals surface area (Å²) in [6.45, 7) is 6.16. The Balaban J connectivity index is 1.56. The van der Waals surface area contributed by atoms with E-state index in [0.717, 1.165) is 27.9 Å². The van der Waals surface area contributed by atoms with Crippen molar-refractivity contribution in [1.82, 2.24) is 24.9 Å². The maximum atomic E-state index is 12.4. The maximum Gasteiger partial charge on any atom is 0.242 e. The normalized spacial score (nSPS) is 12.2. The number of fused-ring (bicyclic) bond motifs is 1. The lowest BCUT2D eigenvalue weighted by Gasteiger charge is -2.15. The molecule has 0 saturated heterocycles. The van der Waals surface area contributed by atoms with Crippen molar-refractivity contribution in [3.63, 3.8) is 0 Å². The Hall–Kier alpha value is -3.41. The van der Waals surface area contributed by atoms with Crippen LogP contribution in [0.2, 0.25) is 0 Å². The van der Waals surface area contributed by atoms with Gasteiger partial charge in [0, 0.05) is 22.8 Å². The van der Waals surface area contributed by atoms with Gasteiger partial charge in [-0.1, -0.05) is 36.4 Å². The van der Waals surface area contributed by atoms with E-state index in [4.69, 9.17) is 0 Å². The van der Waals surface area contributed by atoms with E-state index in [-0.39, 0.29) is 18.5 Å². The molecule has 0 fully saturated rings. The van der Waals surface area contributed by atoms with Crippen LogP contribution in [-0.2, 0) is 11.3 Å². The zero-order valence-corrected chi connectivity index (χ0v) is 16.3. The molecule has 0 bridgehead atoms. The van der Waals surface area contributed by atoms with Crippen LogP contribution in [-0.4, -0.2) is 25.5 Å². The zero-order valence-electron chi connectivity index (χ0n) is 16.3. The third-order valence-electron chi connectivity index (χ3n) is 4.95. The van der Waals surface area contributed by atoms with Crippen molar-refractivity contribution in [2.45, 2.75) is 33.4 Å². The van der Waals surface area contributed by atoms with Gasteiger partial charge in [-0.2, -0.15) is 10.2 Å². The van der Waals surface area contributed by atoms with E-state index in [1.807, 2.05) is 56.0 Å². The molecule has 0 aliphatic carbocycles. The molecule has 4 rings (SSSR count). The molecule has 1 unspecified atom stereocenters. The summed E-state index contributed by atoms with van der Waals surface area (Å²) in [6, 6.07) is 14.3. The molecule has 1 atom stereocenters. The minimum absolute atomic E-state index is 0.0760. The third kappa shape index (κ3) is 3.41. The Morgan fingerprint density at radius 2 is 1.86 bits per heavy atom. The molecule has 6 nitrogen and oxygen atoms in total. The number of aryl methyl sites for hydroxylation is 1. The standard InChI is InChI=1S/C22H23N5O/c1-15-11-23-26(13-15)14-22(28)25-16(2)20-12-24-27(17(20)3)21-10-6-8-18-7-4-5-9-19(18)21/h4-13,16H,14H2,1-3H3,(H,25,28). The van der Waals surface area contributed by atoms with Crippen LogP contribution in [0.25, 0.3) is 16.5 Å². The van der Waals surface area contributed by atoms with Gasteiger partial charge in [0.1, 0.15) is 6.54 Å². The zero-order chi connectivity index (χ0) is 19.7. The SMILES string of the molecule is Cc1cnn(CC(=O)NC(C)c2cnn(-c3cccc4ccccc34)c2C)c1. The second-order valence-corrected chi connectivity index (χ2v) is 7.10. The molecule has 0 saturated carbocycles. The first-order valence-electron chi connectivity index (χ1n) is 9.34. The molecule has 2 heterocycles. The molecule has 0 aliphatic rings. The third-order valence-corrected chi connectivity index (χ3v) is 4.95. The number of amides is 1. The molecule has 6 heteroatoms. The van der Waals surface area contributed by atoms with Gasteiger partial charge in [0.25, 0.3) is 0 Å². The van der Waals surface area contributed by atoms with Gasteiger partial charge in [-0.25, -0.2) is 4.68 Å². The topological polar surface area (TPSA) is 64.7 Å². The minimum atomic E-state index is -0.145. The number of carbonyl (C=O) groups is 1. The van der Waals surface area contributed by atoms with Gasteiger partial charge in [0.15, 0.2) is 0 Å². The van der Waals surface area contributed by atoms with E-state index in [0.29, 0.717) is 0 Å². The highest BCUT2D eigenvalue weighted by molar-refractivity contribution is 5.90. The van der Waals surface area contributed by atoms with E-state index in [2.05, 4.69) is 39.8 Å². The van der Waals surface area contributed by atoms with E-state index in [1.54, 1.807) is 10.9 Å². The quantitative estimate of drug-likeness (QED) is 0.580. The summed E-state index contributed by atoms with van der Waals surface area (Å²) in [5.74, 6) is -0.0760. The fraction of sp³-hybridized carbons (Fsp3) is 0.227. The molecule has 2 aromatic carbocycles. The highest BCUT2D eigenvalue weighted by atomic mass is 16.2. The summed E-state index contributed by atoms with van der Waals surface area (Å²) >= 11 is 0. The number of benzene rings is 2. The molecular formula is C22H23N5O. The molecule has 142 valence electrons. The Kier molecular flexibility index (Phi) is 4.69. The van der Waals surface area contributed by atoms with Crippen molar-refractivity contribution >= 4 is 16.7 Å². The molecular weight excluding hydrogens is 350 g/mol. The van der Waals surface area contributed by atoms with Gasteiger partial charge in [-0.3, -0.25) is 9.48 Å². The average Bonchev–Trinajstić information content (AvgIpc) is 3.26. The smallest absolute Gasteiger partial charge is 0.242 e. The first kappa shape index (κ1) is 18.0. The predicted molar refractivity (Wildman–Crippen MR) is 109 cm³/mol. The first-order chi connectivity index (χ1) is 13.5. The van der Waals surface area contributed by atoms with Crippen LogP contribution in [0.4, 0.5) is 0 Å². The van der Waals surface area contributed by atoms with Gasteiger partial charge < -0.3 is 5.32 Å². The number of carbonyl (C=O) groups excluding carboxylic acids is 1. The second-order valence-electron chi connectivity index (χ2n) is 7.10. The summed E-state index contributed by atoms with van der Waals surface area (Å²) in [6.07, 6.45) is 5.43. The van der Waals surface area contributed by atoms with Crippen molar-refractivity contribution in [3.05, 3.63) is 77.9 Å². The number of hydrogen-bond acceptors (Lipinski definition) is 3. The lowest BCUT2D eigenvalue weighted by molar-refractivity contribution is -0.122. The average molecular weight is 373 g/mol. The molecule has 0 spiro atoms. The molecule has 1 N–H and O–H groups in total. The van der Waals surface area contributed by atoms with E-state index in [1.165, 1.54) is 5.39 Å². The lowest BCUT2D eigenvalue weighted by Crippen LogP contribution is -2.30. The molecule has 0 radical (unpaired) electrons. The summed E-state index contributed by atoms with van der Waals surface area (Å²) in [5.41, 5.74) is 4.08. The summed E-state index contributed by atoms with van der Waals surface area (Å²) < 4.78 is 3.58. The number of rotatable bonds is 5. The summed E-state index contributed by atoms with van der Waals surface area (Å²) in [4.78, 5) is 12.4. The van der Waals surface area contributed by atoms with E-state index in [9.17, 15) is 4.79 Å². The van der Waals surface area contributed by atoms with Crippen LogP contribution < -0.4 is 5.32 Å². The van der Waals surface area contributed by atoms with E-state index >= 15 is 0 Å². The van der Waals surface area contributed by atoms with Crippen molar-refractivity contribution in [2.24, 2.45) is 0 Å². The molecule has 1 amide bonds. The van der Waals surface area contributed by atoms with Gasteiger partial charge >= 0.3 is 0 Å². The van der Waals surface area contributed by atoms with Crippen molar-refractivity contribution in [3.8, 4) is 5.69 Å². The molecule has 28 heavy (non-hydrogen) atoms. The molecule has 2 aromatic heterocycles. The largest absolute Gasteiger partial charge is 0.348 e. The highest BCUT2D eigenvalue weighted by Gasteiger charge is 2.17. The van der Waals surface area contributed by atoms with E-state index < -0.39 is 0 Å². The van der Waals surface area contributed by atoms with Crippen molar-refractivity contribution in [2.75, 3.05) is 0 Å². The summed E-state index contributed by atoms with van der Waals surface area (Å²) in [5, 5.41) is 14.1. The fourth-order valence-electron chi connectivity index (χ4n) is 3.55.